The molecule has 110 valence electrons. The summed E-state index contributed by atoms with van der Waals surface area (Å²) in [5.74, 6) is 1.12. The topological polar surface area (TPSA) is 63.4 Å². The predicted molar refractivity (Wildman–Crippen MR) is 79.8 cm³/mol. The lowest BCUT2D eigenvalue weighted by Crippen LogP contribution is -2.35. The Morgan fingerprint density at radius 3 is 2.20 bits per heavy atom. The van der Waals surface area contributed by atoms with Crippen LogP contribution in [0.3, 0.4) is 0 Å². The molecule has 0 radical (unpaired) electrons. The molecule has 4 nitrogen and oxygen atoms in total. The van der Waals surface area contributed by atoms with E-state index in [9.17, 15) is 8.42 Å². The summed E-state index contributed by atoms with van der Waals surface area (Å²) >= 11 is 0. The predicted octanol–water partition coefficient (Wildman–Crippen LogP) is 2.39. The lowest BCUT2D eigenvalue weighted by molar-refractivity contribution is 0.382. The number of benzene rings is 1. The fourth-order valence-corrected chi connectivity index (χ4v) is 4.33. The molecule has 0 heterocycles. The molecule has 2 N–H and O–H groups in total. The summed E-state index contributed by atoms with van der Waals surface area (Å²) in [6.07, 6.45) is 4.64. The highest BCUT2D eigenvalue weighted by Crippen LogP contribution is 2.36. The van der Waals surface area contributed by atoms with Gasteiger partial charge in [0.1, 0.15) is 0 Å². The zero-order valence-electron chi connectivity index (χ0n) is 11.9. The highest BCUT2D eigenvalue weighted by Gasteiger charge is 2.36. The lowest BCUT2D eigenvalue weighted by Gasteiger charge is -2.23. The van der Waals surface area contributed by atoms with Crippen molar-refractivity contribution in [1.29, 1.82) is 0 Å². The van der Waals surface area contributed by atoms with E-state index in [0.29, 0.717) is 35.5 Å². The van der Waals surface area contributed by atoms with Crippen molar-refractivity contribution in [1.82, 2.24) is 4.31 Å². The zero-order chi connectivity index (χ0) is 14.3. The third-order valence-corrected chi connectivity index (χ3v) is 6.12. The van der Waals surface area contributed by atoms with Gasteiger partial charge in [-0.3, -0.25) is 0 Å². The first-order valence-electron chi connectivity index (χ1n) is 7.33. The molecule has 1 aromatic carbocycles. The maximum atomic E-state index is 12.9. The summed E-state index contributed by atoms with van der Waals surface area (Å²) in [5, 5.41) is 0. The molecule has 0 aromatic heterocycles. The van der Waals surface area contributed by atoms with Crippen molar-refractivity contribution in [3.05, 3.63) is 23.8 Å². The molecular weight excluding hydrogens is 272 g/mol. The van der Waals surface area contributed by atoms with E-state index in [0.717, 1.165) is 31.2 Å². The van der Waals surface area contributed by atoms with E-state index in [-0.39, 0.29) is 0 Å². The Bertz CT molecular complexity index is 590. The average Bonchev–Trinajstić information content (AvgIpc) is 3.25. The van der Waals surface area contributed by atoms with Crippen molar-refractivity contribution in [3.8, 4) is 0 Å². The van der Waals surface area contributed by atoms with Crippen LogP contribution in [0.5, 0.6) is 0 Å². The Balaban J connectivity index is 1.91. The Kier molecular flexibility index (Phi) is 3.50. The zero-order valence-corrected chi connectivity index (χ0v) is 12.7. The quantitative estimate of drug-likeness (QED) is 0.819. The molecule has 0 saturated heterocycles. The van der Waals surface area contributed by atoms with Crippen molar-refractivity contribution in [2.75, 3.05) is 18.8 Å². The number of sulfonamides is 1. The minimum absolute atomic E-state index is 0.374. The van der Waals surface area contributed by atoms with Crippen LogP contribution in [0, 0.1) is 18.8 Å². The molecular formula is C15H22N2O2S. The fraction of sp³-hybridized carbons (Fsp3) is 0.600. The van der Waals surface area contributed by atoms with Gasteiger partial charge in [0.2, 0.25) is 10.0 Å². The van der Waals surface area contributed by atoms with Gasteiger partial charge in [0.05, 0.1) is 4.90 Å². The molecule has 2 aliphatic carbocycles. The van der Waals surface area contributed by atoms with Gasteiger partial charge in [-0.15, -0.1) is 0 Å². The highest BCUT2D eigenvalue weighted by molar-refractivity contribution is 7.89. The Morgan fingerprint density at radius 1 is 1.15 bits per heavy atom. The fourth-order valence-electron chi connectivity index (χ4n) is 2.48. The SMILES string of the molecule is Cc1ccc(N)cc1S(=O)(=O)N(CC1CC1)CC1CC1. The minimum atomic E-state index is -3.41. The van der Waals surface area contributed by atoms with Crippen LogP contribution in [0.15, 0.2) is 23.1 Å². The smallest absolute Gasteiger partial charge is 0.243 e. The minimum Gasteiger partial charge on any atom is -0.399 e. The second-order valence-corrected chi connectivity index (χ2v) is 8.14. The Hall–Kier alpha value is -1.07. The largest absolute Gasteiger partial charge is 0.399 e. The Labute approximate surface area is 121 Å². The number of nitrogens with two attached hydrogens (primary N) is 1. The molecule has 1 aromatic rings. The molecule has 0 atom stereocenters. The van der Waals surface area contributed by atoms with Gasteiger partial charge >= 0.3 is 0 Å². The van der Waals surface area contributed by atoms with E-state index in [2.05, 4.69) is 0 Å². The summed E-state index contributed by atoms with van der Waals surface area (Å²) in [6, 6.07) is 5.13. The third-order valence-electron chi connectivity index (χ3n) is 4.15. The van der Waals surface area contributed by atoms with Crippen molar-refractivity contribution < 1.29 is 8.42 Å². The molecule has 0 unspecified atom stereocenters. The molecule has 2 saturated carbocycles. The number of aryl methyl sites for hydroxylation is 1. The van der Waals surface area contributed by atoms with Crippen LogP contribution in [0.1, 0.15) is 31.2 Å². The molecule has 0 bridgehead atoms. The number of anilines is 1. The van der Waals surface area contributed by atoms with Gasteiger partial charge in [0, 0.05) is 18.8 Å². The normalized spacial score (nSPS) is 19.5. The summed E-state index contributed by atoms with van der Waals surface area (Å²) in [4.78, 5) is 0.374. The molecule has 0 aliphatic heterocycles. The second-order valence-electron chi connectivity index (χ2n) is 6.23. The van der Waals surface area contributed by atoms with Crippen LogP contribution in [-0.2, 0) is 10.0 Å². The van der Waals surface area contributed by atoms with Crippen molar-refractivity contribution in [2.45, 2.75) is 37.5 Å². The summed E-state index contributed by atoms with van der Waals surface area (Å²) in [6.45, 7) is 3.18. The van der Waals surface area contributed by atoms with Crippen molar-refractivity contribution in [3.63, 3.8) is 0 Å². The number of hydrogen-bond donors (Lipinski definition) is 1. The molecule has 2 fully saturated rings. The standard InChI is InChI=1S/C15H22N2O2S/c1-11-2-7-14(16)8-15(11)20(18,19)17(9-12-3-4-12)10-13-5-6-13/h2,7-8,12-13H,3-6,9-10,16H2,1H3. The highest BCUT2D eigenvalue weighted by atomic mass is 32.2. The molecule has 0 amide bonds. The van der Waals surface area contributed by atoms with Crippen molar-refractivity contribution in [2.24, 2.45) is 11.8 Å². The average molecular weight is 294 g/mol. The first kappa shape index (κ1) is 13.9. The van der Waals surface area contributed by atoms with Gasteiger partial charge in [-0.1, -0.05) is 6.07 Å². The number of nitrogen functional groups attached to an aromatic ring is 1. The molecule has 0 spiro atoms. The Morgan fingerprint density at radius 2 is 1.70 bits per heavy atom. The van der Waals surface area contributed by atoms with E-state index < -0.39 is 10.0 Å². The van der Waals surface area contributed by atoms with Gasteiger partial charge in [-0.2, -0.15) is 4.31 Å². The molecule has 5 heteroatoms. The third kappa shape index (κ3) is 2.99. The van der Waals surface area contributed by atoms with Gasteiger partial charge < -0.3 is 5.73 Å². The first-order chi connectivity index (χ1) is 9.46. The summed E-state index contributed by atoms with van der Waals surface area (Å²) < 4.78 is 27.5. The molecule has 20 heavy (non-hydrogen) atoms. The molecule has 3 rings (SSSR count). The van der Waals surface area contributed by atoms with Crippen LogP contribution in [0.4, 0.5) is 5.69 Å². The van der Waals surface area contributed by atoms with Crippen LogP contribution in [0.25, 0.3) is 0 Å². The van der Waals surface area contributed by atoms with Crippen LogP contribution in [-0.4, -0.2) is 25.8 Å². The van der Waals surface area contributed by atoms with E-state index in [1.54, 1.807) is 22.5 Å². The number of nitrogens with zero attached hydrogens (tertiary/aromatic N) is 1. The van der Waals surface area contributed by atoms with Crippen molar-refractivity contribution >= 4 is 15.7 Å². The van der Waals surface area contributed by atoms with E-state index in [1.165, 1.54) is 0 Å². The van der Waals surface area contributed by atoms with Crippen LogP contribution in [0.2, 0.25) is 0 Å². The van der Waals surface area contributed by atoms with Gasteiger partial charge in [-0.25, -0.2) is 8.42 Å². The number of rotatable bonds is 6. The monoisotopic (exact) mass is 294 g/mol. The van der Waals surface area contributed by atoms with Gasteiger partial charge in [-0.05, 0) is 62.1 Å². The van der Waals surface area contributed by atoms with E-state index in [4.69, 9.17) is 5.73 Å². The summed E-state index contributed by atoms with van der Waals surface area (Å²) in [5.41, 5.74) is 7.05. The maximum Gasteiger partial charge on any atom is 0.243 e. The first-order valence-corrected chi connectivity index (χ1v) is 8.77. The number of hydrogen-bond acceptors (Lipinski definition) is 3. The van der Waals surface area contributed by atoms with Gasteiger partial charge in [0.25, 0.3) is 0 Å². The van der Waals surface area contributed by atoms with E-state index >= 15 is 0 Å². The lowest BCUT2D eigenvalue weighted by atomic mass is 10.2. The van der Waals surface area contributed by atoms with E-state index in [1.807, 2.05) is 6.92 Å². The van der Waals surface area contributed by atoms with Gasteiger partial charge in [0.15, 0.2) is 0 Å². The maximum absolute atomic E-state index is 12.9. The molecule has 2 aliphatic rings. The second kappa shape index (κ2) is 5.04. The van der Waals surface area contributed by atoms with Crippen LogP contribution >= 0.6 is 0 Å². The van der Waals surface area contributed by atoms with Crippen LogP contribution < -0.4 is 5.73 Å². The summed E-state index contributed by atoms with van der Waals surface area (Å²) in [7, 11) is -3.41.